The number of halogens is 2. The van der Waals surface area contributed by atoms with Gasteiger partial charge >= 0.3 is 5.97 Å². The van der Waals surface area contributed by atoms with Gasteiger partial charge in [-0.1, -0.05) is 70.6 Å². The van der Waals surface area contributed by atoms with Crippen molar-refractivity contribution in [3.8, 4) is 5.75 Å². The Morgan fingerprint density at radius 1 is 0.786 bits per heavy atom. The number of benzene rings is 2. The van der Waals surface area contributed by atoms with Crippen molar-refractivity contribution >= 4 is 5.97 Å². The number of esters is 1. The summed E-state index contributed by atoms with van der Waals surface area (Å²) in [5.41, 5.74) is 1.77. The summed E-state index contributed by atoms with van der Waals surface area (Å²) in [6.07, 6.45) is 8.95. The first-order valence-electron chi connectivity index (χ1n) is 10.3. The van der Waals surface area contributed by atoms with E-state index < -0.39 is 17.6 Å². The molecule has 2 aromatic carbocycles. The Kier molecular flexibility index (Phi) is 9.12. The van der Waals surface area contributed by atoms with E-state index in [-0.39, 0.29) is 5.75 Å². The highest BCUT2D eigenvalue weighted by Gasteiger charge is 2.18. The van der Waals surface area contributed by atoms with E-state index >= 15 is 0 Å². The third kappa shape index (κ3) is 6.43. The first kappa shape index (κ1) is 22.1. The fraction of sp³-hybridized carbons (Fsp3) is 0.458. The zero-order valence-electron chi connectivity index (χ0n) is 16.9. The third-order valence-corrected chi connectivity index (χ3v) is 4.86. The van der Waals surface area contributed by atoms with Gasteiger partial charge in [0.25, 0.3) is 0 Å². The lowest BCUT2D eigenvalue weighted by Gasteiger charge is -2.10. The SMILES string of the molecule is CCCCCCCCc1ccc(OC(=O)c2ccc(CCC)cc2)c(F)c1F. The first-order chi connectivity index (χ1) is 13.6. The van der Waals surface area contributed by atoms with E-state index in [0.29, 0.717) is 17.5 Å². The van der Waals surface area contributed by atoms with Gasteiger partial charge in [0, 0.05) is 0 Å². The van der Waals surface area contributed by atoms with Crippen LogP contribution >= 0.6 is 0 Å². The summed E-state index contributed by atoms with van der Waals surface area (Å²) < 4.78 is 33.7. The van der Waals surface area contributed by atoms with Crippen LogP contribution in [0.1, 0.15) is 80.3 Å². The van der Waals surface area contributed by atoms with Gasteiger partial charge in [0.15, 0.2) is 11.6 Å². The maximum absolute atomic E-state index is 14.3. The van der Waals surface area contributed by atoms with Crippen molar-refractivity contribution in [1.29, 1.82) is 0 Å². The molecule has 0 spiro atoms. The molecule has 0 atom stereocenters. The molecule has 0 amide bonds. The van der Waals surface area contributed by atoms with Crippen LogP contribution in [-0.4, -0.2) is 5.97 Å². The molecule has 0 bridgehead atoms. The van der Waals surface area contributed by atoms with Gasteiger partial charge in [-0.2, -0.15) is 4.39 Å². The maximum atomic E-state index is 14.3. The summed E-state index contributed by atoms with van der Waals surface area (Å²) >= 11 is 0. The van der Waals surface area contributed by atoms with Crippen LogP contribution in [0.2, 0.25) is 0 Å². The number of unbranched alkanes of at least 4 members (excludes halogenated alkanes) is 5. The lowest BCUT2D eigenvalue weighted by molar-refractivity contribution is 0.0726. The fourth-order valence-electron chi connectivity index (χ4n) is 3.19. The highest BCUT2D eigenvalue weighted by Crippen LogP contribution is 2.25. The van der Waals surface area contributed by atoms with Crippen LogP contribution in [-0.2, 0) is 12.8 Å². The lowest BCUT2D eigenvalue weighted by Crippen LogP contribution is -2.10. The van der Waals surface area contributed by atoms with Crippen LogP contribution in [0.15, 0.2) is 36.4 Å². The van der Waals surface area contributed by atoms with E-state index in [1.807, 2.05) is 12.1 Å². The van der Waals surface area contributed by atoms with Crippen LogP contribution in [0.25, 0.3) is 0 Å². The Labute approximate surface area is 166 Å². The molecule has 0 radical (unpaired) electrons. The van der Waals surface area contributed by atoms with Crippen LogP contribution in [0, 0.1) is 11.6 Å². The van der Waals surface area contributed by atoms with E-state index in [1.54, 1.807) is 12.1 Å². The molecule has 0 aliphatic heterocycles. The van der Waals surface area contributed by atoms with Gasteiger partial charge in [-0.05, 0) is 48.6 Å². The molecular weight excluding hydrogens is 358 g/mol. The third-order valence-electron chi connectivity index (χ3n) is 4.86. The van der Waals surface area contributed by atoms with E-state index in [2.05, 4.69) is 13.8 Å². The van der Waals surface area contributed by atoms with Crippen LogP contribution in [0.4, 0.5) is 8.78 Å². The number of ether oxygens (including phenoxy) is 1. The van der Waals surface area contributed by atoms with E-state index in [0.717, 1.165) is 37.7 Å². The molecule has 2 rings (SSSR count). The van der Waals surface area contributed by atoms with Crippen molar-refractivity contribution in [2.24, 2.45) is 0 Å². The summed E-state index contributed by atoms with van der Waals surface area (Å²) in [6.45, 7) is 4.24. The molecule has 152 valence electrons. The molecule has 0 aliphatic rings. The van der Waals surface area contributed by atoms with Crippen molar-refractivity contribution in [2.75, 3.05) is 0 Å². The van der Waals surface area contributed by atoms with E-state index in [4.69, 9.17) is 4.74 Å². The van der Waals surface area contributed by atoms with Crippen molar-refractivity contribution < 1.29 is 18.3 Å². The molecule has 0 heterocycles. The molecular formula is C24H30F2O2. The predicted octanol–water partition coefficient (Wildman–Crippen LogP) is 7.04. The molecule has 4 heteroatoms. The van der Waals surface area contributed by atoms with E-state index in [9.17, 15) is 13.6 Å². The maximum Gasteiger partial charge on any atom is 0.343 e. The standard InChI is InChI=1S/C24H30F2O2/c1-3-5-6-7-8-9-11-19-16-17-21(23(26)22(19)25)28-24(27)20-14-12-18(10-4-2)13-15-20/h12-17H,3-11H2,1-2H3. The van der Waals surface area contributed by atoms with Gasteiger partial charge in [-0.15, -0.1) is 0 Å². The van der Waals surface area contributed by atoms with Crippen LogP contribution < -0.4 is 4.74 Å². The summed E-state index contributed by atoms with van der Waals surface area (Å²) in [5.74, 6) is -3.08. The second-order valence-corrected chi connectivity index (χ2v) is 7.20. The van der Waals surface area contributed by atoms with E-state index in [1.165, 1.54) is 31.4 Å². The minimum absolute atomic E-state index is 0.316. The summed E-state index contributed by atoms with van der Waals surface area (Å²) in [5, 5.41) is 0. The number of hydrogen-bond acceptors (Lipinski definition) is 2. The second kappa shape index (κ2) is 11.6. The zero-order chi connectivity index (χ0) is 20.4. The highest BCUT2D eigenvalue weighted by atomic mass is 19.2. The average molecular weight is 388 g/mol. The minimum atomic E-state index is -1.10. The Morgan fingerprint density at radius 2 is 1.46 bits per heavy atom. The molecule has 2 aromatic rings. The van der Waals surface area contributed by atoms with Crippen molar-refractivity contribution in [3.05, 3.63) is 64.7 Å². The Balaban J connectivity index is 1.95. The molecule has 0 aliphatic carbocycles. The Bertz CT molecular complexity index is 754. The number of carbonyl (C=O) groups excluding carboxylic acids is 1. The molecule has 0 N–H and O–H groups in total. The molecule has 0 saturated heterocycles. The monoisotopic (exact) mass is 388 g/mol. The second-order valence-electron chi connectivity index (χ2n) is 7.20. The summed E-state index contributed by atoms with van der Waals surface area (Å²) in [4.78, 5) is 12.2. The van der Waals surface area contributed by atoms with Crippen LogP contribution in [0.3, 0.4) is 0 Å². The Hall–Kier alpha value is -2.23. The number of aryl methyl sites for hydroxylation is 2. The first-order valence-corrected chi connectivity index (χ1v) is 10.3. The summed E-state index contributed by atoms with van der Waals surface area (Å²) in [6, 6.07) is 9.84. The van der Waals surface area contributed by atoms with Gasteiger partial charge < -0.3 is 4.74 Å². The topological polar surface area (TPSA) is 26.3 Å². The molecule has 0 saturated carbocycles. The lowest BCUT2D eigenvalue weighted by atomic mass is 10.0. The normalized spacial score (nSPS) is 10.9. The van der Waals surface area contributed by atoms with Crippen molar-refractivity contribution in [3.63, 3.8) is 0 Å². The number of hydrogen-bond donors (Lipinski definition) is 0. The molecule has 2 nitrogen and oxygen atoms in total. The molecule has 0 fully saturated rings. The fourth-order valence-corrected chi connectivity index (χ4v) is 3.19. The molecule has 28 heavy (non-hydrogen) atoms. The largest absolute Gasteiger partial charge is 0.420 e. The summed E-state index contributed by atoms with van der Waals surface area (Å²) in [7, 11) is 0. The van der Waals surface area contributed by atoms with Gasteiger partial charge in [-0.3, -0.25) is 0 Å². The minimum Gasteiger partial charge on any atom is -0.420 e. The van der Waals surface area contributed by atoms with Crippen LogP contribution in [0.5, 0.6) is 5.75 Å². The smallest absolute Gasteiger partial charge is 0.343 e. The van der Waals surface area contributed by atoms with Gasteiger partial charge in [0.2, 0.25) is 5.82 Å². The number of carbonyl (C=O) groups is 1. The van der Waals surface area contributed by atoms with Gasteiger partial charge in [-0.25, -0.2) is 9.18 Å². The quantitative estimate of drug-likeness (QED) is 0.234. The predicted molar refractivity (Wildman–Crippen MR) is 109 cm³/mol. The molecule has 0 unspecified atom stereocenters. The van der Waals surface area contributed by atoms with Gasteiger partial charge in [0.05, 0.1) is 5.56 Å². The Morgan fingerprint density at radius 3 is 2.14 bits per heavy atom. The average Bonchev–Trinajstić information content (AvgIpc) is 2.70. The van der Waals surface area contributed by atoms with Crippen molar-refractivity contribution in [1.82, 2.24) is 0 Å². The van der Waals surface area contributed by atoms with Gasteiger partial charge in [0.1, 0.15) is 0 Å². The zero-order valence-corrected chi connectivity index (χ0v) is 16.9. The van der Waals surface area contributed by atoms with Crippen molar-refractivity contribution in [2.45, 2.75) is 71.6 Å². The highest BCUT2D eigenvalue weighted by molar-refractivity contribution is 5.91. The number of rotatable bonds is 11. The molecule has 0 aromatic heterocycles.